The molecule has 0 aliphatic heterocycles. The minimum atomic E-state index is -0.331. The summed E-state index contributed by atoms with van der Waals surface area (Å²) in [4.78, 5) is 17.7. The monoisotopic (exact) mass is 384 g/mol. The van der Waals surface area contributed by atoms with E-state index in [9.17, 15) is 4.79 Å². The molecule has 27 heavy (non-hydrogen) atoms. The Balaban J connectivity index is 2.00. The highest BCUT2D eigenvalue weighted by Crippen LogP contribution is 2.25. The number of ether oxygens (including phenoxy) is 2. The van der Waals surface area contributed by atoms with Crippen molar-refractivity contribution in [3.63, 3.8) is 0 Å². The predicted octanol–water partition coefficient (Wildman–Crippen LogP) is 4.34. The lowest BCUT2D eigenvalue weighted by molar-refractivity contribution is 0.0995. The lowest BCUT2D eigenvalue weighted by atomic mass is 10.1. The quantitative estimate of drug-likeness (QED) is 0.635. The van der Waals surface area contributed by atoms with Gasteiger partial charge in [0.15, 0.2) is 4.80 Å². The van der Waals surface area contributed by atoms with E-state index in [1.807, 2.05) is 11.6 Å². The summed E-state index contributed by atoms with van der Waals surface area (Å²) in [7, 11) is 5.04. The van der Waals surface area contributed by atoms with Gasteiger partial charge in [-0.15, -0.1) is 0 Å². The van der Waals surface area contributed by atoms with Crippen molar-refractivity contribution in [1.82, 2.24) is 4.57 Å². The highest BCUT2D eigenvalue weighted by molar-refractivity contribution is 7.16. The topological polar surface area (TPSA) is 52.8 Å². The van der Waals surface area contributed by atoms with Gasteiger partial charge in [-0.3, -0.25) is 4.79 Å². The summed E-state index contributed by atoms with van der Waals surface area (Å²) in [6.45, 7) is 2.19. The number of fused-ring (bicyclic) bond motifs is 1. The molecular formula is C21H24N2O3S. The summed E-state index contributed by atoms with van der Waals surface area (Å²) in [5, 5.41) is 0. The molecule has 1 heterocycles. The van der Waals surface area contributed by atoms with Gasteiger partial charge in [0.2, 0.25) is 0 Å². The minimum absolute atomic E-state index is 0.331. The van der Waals surface area contributed by atoms with Gasteiger partial charge in [-0.1, -0.05) is 30.7 Å². The van der Waals surface area contributed by atoms with Crippen LogP contribution in [0.2, 0.25) is 0 Å². The number of thiazole rings is 1. The van der Waals surface area contributed by atoms with E-state index in [4.69, 9.17) is 9.47 Å². The maximum Gasteiger partial charge on any atom is 0.283 e. The summed E-state index contributed by atoms with van der Waals surface area (Å²) in [6, 6.07) is 11.6. The Morgan fingerprint density at radius 3 is 2.67 bits per heavy atom. The molecule has 0 spiro atoms. The van der Waals surface area contributed by atoms with E-state index in [-0.39, 0.29) is 5.91 Å². The molecule has 142 valence electrons. The molecule has 1 aromatic heterocycles. The number of carbonyl (C=O) groups excluding carboxylic acids is 1. The van der Waals surface area contributed by atoms with Gasteiger partial charge >= 0.3 is 0 Å². The van der Waals surface area contributed by atoms with Crippen molar-refractivity contribution in [2.24, 2.45) is 12.0 Å². The van der Waals surface area contributed by atoms with Gasteiger partial charge in [-0.2, -0.15) is 4.99 Å². The molecule has 0 fully saturated rings. The Labute approximate surface area is 162 Å². The van der Waals surface area contributed by atoms with Crippen LogP contribution in [0.15, 0.2) is 41.4 Å². The second kappa shape index (κ2) is 8.39. The number of methoxy groups -OCH3 is 2. The Morgan fingerprint density at radius 2 is 1.96 bits per heavy atom. The Morgan fingerprint density at radius 1 is 1.15 bits per heavy atom. The van der Waals surface area contributed by atoms with Crippen LogP contribution in [0, 0.1) is 0 Å². The van der Waals surface area contributed by atoms with Gasteiger partial charge in [0, 0.05) is 13.1 Å². The van der Waals surface area contributed by atoms with Gasteiger partial charge < -0.3 is 14.0 Å². The zero-order valence-corrected chi connectivity index (χ0v) is 16.9. The highest BCUT2D eigenvalue weighted by atomic mass is 32.1. The number of carbonyl (C=O) groups is 1. The standard InChI is InChI=1S/C21H24N2O3S/c1-5-6-7-14-8-11-17-19(12-14)27-21(23(17)2)22-20(24)16-10-9-15(25-3)13-18(16)26-4/h8-13H,5-7H2,1-4H3. The zero-order chi connectivity index (χ0) is 19.4. The number of hydrogen-bond acceptors (Lipinski definition) is 4. The van der Waals surface area contributed by atoms with E-state index >= 15 is 0 Å². The van der Waals surface area contributed by atoms with E-state index in [2.05, 4.69) is 30.1 Å². The van der Waals surface area contributed by atoms with Crippen molar-refractivity contribution in [3.05, 3.63) is 52.3 Å². The lowest BCUT2D eigenvalue weighted by Gasteiger charge is -2.07. The molecule has 0 atom stereocenters. The SMILES string of the molecule is CCCCc1ccc2c(c1)sc(=NC(=O)c1ccc(OC)cc1OC)n2C. The molecule has 0 saturated carbocycles. The molecule has 0 unspecified atom stereocenters. The molecule has 0 aliphatic rings. The van der Waals surface area contributed by atoms with Crippen LogP contribution in [0.25, 0.3) is 10.2 Å². The van der Waals surface area contributed by atoms with Gasteiger partial charge in [0.25, 0.3) is 5.91 Å². The van der Waals surface area contributed by atoms with Crippen molar-refractivity contribution >= 4 is 27.5 Å². The Bertz CT molecular complexity index is 1030. The molecule has 3 aromatic rings. The third kappa shape index (κ3) is 4.06. The normalized spacial score (nSPS) is 11.8. The molecule has 3 rings (SSSR count). The van der Waals surface area contributed by atoms with Crippen molar-refractivity contribution in [2.75, 3.05) is 14.2 Å². The fraction of sp³-hybridized carbons (Fsp3) is 0.333. The second-order valence-corrected chi connectivity index (χ2v) is 7.34. The number of aromatic nitrogens is 1. The molecule has 2 aromatic carbocycles. The van der Waals surface area contributed by atoms with Crippen LogP contribution in [0.5, 0.6) is 11.5 Å². The number of nitrogens with zero attached hydrogens (tertiary/aromatic N) is 2. The summed E-state index contributed by atoms with van der Waals surface area (Å²) >= 11 is 1.53. The smallest absolute Gasteiger partial charge is 0.283 e. The number of rotatable bonds is 6. The van der Waals surface area contributed by atoms with Crippen LogP contribution in [0.1, 0.15) is 35.7 Å². The second-order valence-electron chi connectivity index (χ2n) is 6.33. The number of benzene rings is 2. The fourth-order valence-corrected chi connectivity index (χ4v) is 4.02. The van der Waals surface area contributed by atoms with Crippen LogP contribution in [0.3, 0.4) is 0 Å². The molecule has 0 radical (unpaired) electrons. The summed E-state index contributed by atoms with van der Waals surface area (Å²) < 4.78 is 13.6. The van der Waals surface area contributed by atoms with Crippen molar-refractivity contribution in [3.8, 4) is 11.5 Å². The Kier molecular flexibility index (Phi) is 5.96. The molecule has 6 heteroatoms. The molecule has 0 N–H and O–H groups in total. The van der Waals surface area contributed by atoms with Gasteiger partial charge in [-0.25, -0.2) is 0 Å². The van der Waals surface area contributed by atoms with Crippen molar-refractivity contribution < 1.29 is 14.3 Å². The molecule has 1 amide bonds. The molecular weight excluding hydrogens is 360 g/mol. The van der Waals surface area contributed by atoms with E-state index in [0.717, 1.165) is 16.6 Å². The van der Waals surface area contributed by atoms with Crippen LogP contribution < -0.4 is 14.3 Å². The predicted molar refractivity (Wildman–Crippen MR) is 109 cm³/mol. The first-order valence-corrected chi connectivity index (χ1v) is 9.78. The van der Waals surface area contributed by atoms with Gasteiger partial charge in [-0.05, 0) is 42.7 Å². The molecule has 0 saturated heterocycles. The van der Waals surface area contributed by atoms with Crippen LogP contribution in [0.4, 0.5) is 0 Å². The summed E-state index contributed by atoms with van der Waals surface area (Å²) in [5.74, 6) is 0.756. The third-order valence-electron chi connectivity index (χ3n) is 4.53. The van der Waals surface area contributed by atoms with E-state index in [1.54, 1.807) is 25.3 Å². The van der Waals surface area contributed by atoms with Crippen LogP contribution >= 0.6 is 11.3 Å². The highest BCUT2D eigenvalue weighted by Gasteiger charge is 2.14. The van der Waals surface area contributed by atoms with E-state index in [0.29, 0.717) is 21.9 Å². The average Bonchev–Trinajstić information content (AvgIpc) is 3.00. The molecule has 0 bridgehead atoms. The molecule has 5 nitrogen and oxygen atoms in total. The lowest BCUT2D eigenvalue weighted by Crippen LogP contribution is -2.13. The first-order chi connectivity index (χ1) is 13.1. The zero-order valence-electron chi connectivity index (χ0n) is 16.1. The first-order valence-electron chi connectivity index (χ1n) is 8.97. The van der Waals surface area contributed by atoms with E-state index < -0.39 is 0 Å². The first kappa shape index (κ1) is 19.2. The number of aryl methyl sites for hydroxylation is 2. The fourth-order valence-electron chi connectivity index (χ4n) is 2.94. The third-order valence-corrected chi connectivity index (χ3v) is 5.62. The summed E-state index contributed by atoms with van der Waals surface area (Å²) in [6.07, 6.45) is 3.42. The Hall–Kier alpha value is -2.60. The number of amides is 1. The van der Waals surface area contributed by atoms with Crippen LogP contribution in [-0.2, 0) is 13.5 Å². The number of unbranched alkanes of at least 4 members (excludes halogenated alkanes) is 1. The number of hydrogen-bond donors (Lipinski definition) is 0. The van der Waals surface area contributed by atoms with E-state index in [1.165, 1.54) is 36.9 Å². The van der Waals surface area contributed by atoms with Crippen molar-refractivity contribution in [1.29, 1.82) is 0 Å². The maximum atomic E-state index is 12.7. The largest absolute Gasteiger partial charge is 0.497 e. The maximum absolute atomic E-state index is 12.7. The summed E-state index contributed by atoms with van der Waals surface area (Å²) in [5.41, 5.74) is 2.81. The van der Waals surface area contributed by atoms with Gasteiger partial charge in [0.1, 0.15) is 11.5 Å². The van der Waals surface area contributed by atoms with Crippen LogP contribution in [-0.4, -0.2) is 24.7 Å². The molecule has 0 aliphatic carbocycles. The minimum Gasteiger partial charge on any atom is -0.497 e. The van der Waals surface area contributed by atoms with Gasteiger partial charge in [0.05, 0.1) is 30.0 Å². The van der Waals surface area contributed by atoms with Crippen molar-refractivity contribution in [2.45, 2.75) is 26.2 Å². The average molecular weight is 385 g/mol.